The van der Waals surface area contributed by atoms with E-state index in [9.17, 15) is 14.5 Å². The highest BCUT2D eigenvalue weighted by Crippen LogP contribution is 2.41. The Morgan fingerprint density at radius 1 is 0.783 bits per heavy atom. The van der Waals surface area contributed by atoms with Crippen molar-refractivity contribution >= 4 is 23.1 Å². The van der Waals surface area contributed by atoms with Crippen molar-refractivity contribution in [2.45, 2.75) is 0 Å². The van der Waals surface area contributed by atoms with E-state index in [1.165, 1.54) is 0 Å². The van der Waals surface area contributed by atoms with Crippen LogP contribution in [0.25, 0.3) is 11.4 Å². The molecule has 2 aromatic carbocycles. The summed E-state index contributed by atoms with van der Waals surface area (Å²) >= 11 is 0. The SMILES string of the molecule is O=NC1=C2C(=O)NC(c3ccccc3)=C2C(=O)c2ccccc21. The average molecular weight is 302 g/mol. The van der Waals surface area contributed by atoms with E-state index in [1.54, 1.807) is 36.4 Å². The maximum Gasteiger partial charge on any atom is 0.258 e. The third kappa shape index (κ3) is 1.80. The van der Waals surface area contributed by atoms with Crippen LogP contribution in [-0.2, 0) is 4.79 Å². The maximum absolute atomic E-state index is 12.9. The predicted octanol–water partition coefficient (Wildman–Crippen LogP) is 2.90. The lowest BCUT2D eigenvalue weighted by molar-refractivity contribution is -0.115. The number of nitroso groups, excluding NO2 is 1. The molecular weight excluding hydrogens is 292 g/mol. The molecule has 1 N–H and O–H groups in total. The first-order valence-corrected chi connectivity index (χ1v) is 7.05. The number of nitrogens with zero attached hydrogens (tertiary/aromatic N) is 1. The van der Waals surface area contributed by atoms with Crippen LogP contribution in [0, 0.1) is 4.91 Å². The molecule has 2 aliphatic rings. The zero-order chi connectivity index (χ0) is 16.0. The molecule has 1 heterocycles. The second-order valence-electron chi connectivity index (χ2n) is 5.26. The number of benzene rings is 2. The van der Waals surface area contributed by atoms with Gasteiger partial charge in [0.15, 0.2) is 5.78 Å². The van der Waals surface area contributed by atoms with Gasteiger partial charge in [-0.15, -0.1) is 4.91 Å². The summed E-state index contributed by atoms with van der Waals surface area (Å²) in [5.74, 6) is -0.753. The highest BCUT2D eigenvalue weighted by atomic mass is 16.3. The molecule has 0 unspecified atom stereocenters. The molecule has 1 amide bonds. The third-order valence-corrected chi connectivity index (χ3v) is 4.01. The van der Waals surface area contributed by atoms with Gasteiger partial charge in [0, 0.05) is 11.1 Å². The van der Waals surface area contributed by atoms with Gasteiger partial charge < -0.3 is 5.32 Å². The fraction of sp³-hybridized carbons (Fsp3) is 0. The number of amides is 1. The zero-order valence-corrected chi connectivity index (χ0v) is 11.9. The van der Waals surface area contributed by atoms with Crippen LogP contribution < -0.4 is 5.32 Å². The van der Waals surface area contributed by atoms with Crippen molar-refractivity contribution in [2.24, 2.45) is 5.18 Å². The fourth-order valence-corrected chi connectivity index (χ4v) is 3.00. The van der Waals surface area contributed by atoms with Crippen LogP contribution in [0.3, 0.4) is 0 Å². The van der Waals surface area contributed by atoms with Gasteiger partial charge in [0.1, 0.15) is 5.70 Å². The third-order valence-electron chi connectivity index (χ3n) is 4.01. The van der Waals surface area contributed by atoms with Crippen molar-refractivity contribution < 1.29 is 9.59 Å². The minimum Gasteiger partial charge on any atom is -0.321 e. The average Bonchev–Trinajstić information content (AvgIpc) is 2.94. The number of carbonyl (C=O) groups excluding carboxylic acids is 2. The van der Waals surface area contributed by atoms with Gasteiger partial charge in [0.05, 0.1) is 16.8 Å². The van der Waals surface area contributed by atoms with Crippen molar-refractivity contribution in [1.29, 1.82) is 0 Å². The molecule has 0 saturated heterocycles. The van der Waals surface area contributed by atoms with Gasteiger partial charge in [-0.25, -0.2) is 0 Å². The van der Waals surface area contributed by atoms with Crippen LogP contribution in [0.4, 0.5) is 0 Å². The van der Waals surface area contributed by atoms with E-state index in [-0.39, 0.29) is 22.6 Å². The van der Waals surface area contributed by atoms with E-state index in [1.807, 2.05) is 18.2 Å². The lowest BCUT2D eigenvalue weighted by atomic mass is 9.84. The molecule has 0 spiro atoms. The molecule has 5 heteroatoms. The number of nitrogens with one attached hydrogen (secondary N) is 1. The zero-order valence-electron chi connectivity index (χ0n) is 11.9. The number of hydrogen-bond donors (Lipinski definition) is 1. The van der Waals surface area contributed by atoms with Crippen LogP contribution in [0.5, 0.6) is 0 Å². The molecule has 1 aliphatic heterocycles. The first kappa shape index (κ1) is 13.3. The molecule has 0 radical (unpaired) electrons. The van der Waals surface area contributed by atoms with Crippen molar-refractivity contribution in [2.75, 3.05) is 0 Å². The molecule has 0 aromatic heterocycles. The van der Waals surface area contributed by atoms with Crippen LogP contribution >= 0.6 is 0 Å². The Hall–Kier alpha value is -3.34. The van der Waals surface area contributed by atoms with E-state index < -0.39 is 5.91 Å². The molecule has 1 aliphatic carbocycles. The standard InChI is InChI=1S/C18H10N2O3/c21-17-12-9-5-4-8-11(12)16(20-23)14-13(17)15(19-18(14)22)10-6-2-1-3-7-10/h1-9H,(H,19,22). The molecule has 23 heavy (non-hydrogen) atoms. The molecule has 110 valence electrons. The minimum absolute atomic E-state index is 0.0126. The summed E-state index contributed by atoms with van der Waals surface area (Å²) in [6, 6.07) is 15.8. The second kappa shape index (κ2) is 4.84. The van der Waals surface area contributed by atoms with Crippen molar-refractivity contribution in [3.05, 3.63) is 87.3 Å². The monoisotopic (exact) mass is 302 g/mol. The molecule has 5 nitrogen and oxygen atoms in total. The molecule has 4 rings (SSSR count). The summed E-state index contributed by atoms with van der Waals surface area (Å²) in [7, 11) is 0. The van der Waals surface area contributed by atoms with Crippen LogP contribution in [0.2, 0.25) is 0 Å². The van der Waals surface area contributed by atoms with Crippen molar-refractivity contribution in [1.82, 2.24) is 5.32 Å². The Morgan fingerprint density at radius 2 is 1.43 bits per heavy atom. The van der Waals surface area contributed by atoms with Crippen molar-refractivity contribution in [3.63, 3.8) is 0 Å². The minimum atomic E-state index is -0.476. The van der Waals surface area contributed by atoms with Gasteiger partial charge in [-0.3, -0.25) is 9.59 Å². The second-order valence-corrected chi connectivity index (χ2v) is 5.26. The Bertz CT molecular complexity index is 940. The Morgan fingerprint density at radius 3 is 2.13 bits per heavy atom. The Kier molecular flexibility index (Phi) is 2.81. The Labute approximate surface area is 131 Å². The first-order chi connectivity index (χ1) is 11.2. The lowest BCUT2D eigenvalue weighted by Crippen LogP contribution is -2.19. The summed E-state index contributed by atoms with van der Waals surface area (Å²) in [6.07, 6.45) is 0. The topological polar surface area (TPSA) is 75.6 Å². The van der Waals surface area contributed by atoms with Crippen LogP contribution in [0.1, 0.15) is 21.5 Å². The van der Waals surface area contributed by atoms with Crippen molar-refractivity contribution in [3.8, 4) is 0 Å². The number of hydrogen-bond acceptors (Lipinski definition) is 4. The quantitative estimate of drug-likeness (QED) is 0.867. The molecule has 0 fully saturated rings. The van der Waals surface area contributed by atoms with E-state index in [0.29, 0.717) is 22.4 Å². The molecular formula is C18H10N2O3. The number of fused-ring (bicyclic) bond motifs is 2. The fourth-order valence-electron chi connectivity index (χ4n) is 3.00. The van der Waals surface area contributed by atoms with Crippen LogP contribution in [0.15, 0.2) is 70.9 Å². The molecule has 0 bridgehead atoms. The summed E-state index contributed by atoms with van der Waals surface area (Å²) in [5.41, 5.74) is 2.20. The summed E-state index contributed by atoms with van der Waals surface area (Å²) < 4.78 is 0. The van der Waals surface area contributed by atoms with E-state index >= 15 is 0 Å². The normalized spacial score (nSPS) is 16.2. The molecule has 0 atom stereocenters. The highest BCUT2D eigenvalue weighted by Gasteiger charge is 2.40. The first-order valence-electron chi connectivity index (χ1n) is 7.05. The van der Waals surface area contributed by atoms with E-state index in [2.05, 4.69) is 10.5 Å². The van der Waals surface area contributed by atoms with E-state index in [0.717, 1.165) is 0 Å². The van der Waals surface area contributed by atoms with Gasteiger partial charge in [-0.2, -0.15) is 0 Å². The highest BCUT2D eigenvalue weighted by molar-refractivity contribution is 6.32. The number of carbonyl (C=O) groups is 2. The summed E-state index contributed by atoms with van der Waals surface area (Å²) in [4.78, 5) is 36.6. The van der Waals surface area contributed by atoms with Gasteiger partial charge in [0.25, 0.3) is 5.91 Å². The molecule has 2 aromatic rings. The summed E-state index contributed by atoms with van der Waals surface area (Å²) in [6.45, 7) is 0. The van der Waals surface area contributed by atoms with Gasteiger partial charge in [-0.05, 0) is 10.7 Å². The molecule has 0 saturated carbocycles. The number of rotatable bonds is 2. The Balaban J connectivity index is 2.07. The number of Topliss-reactive ketones (excluding diaryl/α,β-unsaturated/α-hetero) is 1. The van der Waals surface area contributed by atoms with E-state index in [4.69, 9.17) is 0 Å². The number of ketones is 1. The predicted molar refractivity (Wildman–Crippen MR) is 85.0 cm³/mol. The smallest absolute Gasteiger partial charge is 0.258 e. The summed E-state index contributed by atoms with van der Waals surface area (Å²) in [5, 5.41) is 5.73. The van der Waals surface area contributed by atoms with Crippen LogP contribution in [-0.4, -0.2) is 11.7 Å². The maximum atomic E-state index is 12.9. The van der Waals surface area contributed by atoms with Gasteiger partial charge in [0.2, 0.25) is 0 Å². The van der Waals surface area contributed by atoms with Gasteiger partial charge >= 0.3 is 0 Å². The van der Waals surface area contributed by atoms with Gasteiger partial charge in [-0.1, -0.05) is 54.6 Å². The lowest BCUT2D eigenvalue weighted by Gasteiger charge is -2.16. The largest absolute Gasteiger partial charge is 0.321 e.